The van der Waals surface area contributed by atoms with E-state index in [4.69, 9.17) is 10.8 Å². The molecular weight excluding hydrogens is 205 g/mol. The number of carboxylic acids is 1. The van der Waals surface area contributed by atoms with Crippen molar-refractivity contribution in [3.05, 3.63) is 0 Å². The van der Waals surface area contributed by atoms with Crippen LogP contribution in [0.15, 0.2) is 0 Å². The zero-order valence-corrected chi connectivity index (χ0v) is 7.47. The molecule has 0 rings (SSSR count). The van der Waals surface area contributed by atoms with Gasteiger partial charge in [-0.3, -0.25) is 0 Å². The molecule has 2 atom stereocenters. The topological polar surface area (TPSA) is 63.3 Å². The number of rotatable bonds is 2. The van der Waals surface area contributed by atoms with Gasteiger partial charge in [0.05, 0.1) is 0 Å². The van der Waals surface area contributed by atoms with Gasteiger partial charge in [-0.15, -0.1) is 0 Å². The van der Waals surface area contributed by atoms with Gasteiger partial charge < -0.3 is 0 Å². The first-order chi connectivity index (χ1) is 3.89. The molecule has 0 aromatic heterocycles. The molecule has 2 unspecified atom stereocenters. The van der Waals surface area contributed by atoms with Crippen LogP contribution in [0.1, 0.15) is 6.92 Å². The molecule has 0 aliphatic carbocycles. The molecule has 0 fully saturated rings. The molecule has 3 nitrogen and oxygen atoms in total. The second kappa shape index (κ2) is 2.92. The van der Waals surface area contributed by atoms with E-state index >= 15 is 0 Å². The normalized spacial score (nSPS) is 20.4. The van der Waals surface area contributed by atoms with E-state index in [9.17, 15) is 4.79 Å². The number of hydrogen-bond acceptors (Lipinski definition) is 3. The van der Waals surface area contributed by atoms with Gasteiger partial charge in [-0.2, -0.15) is 0 Å². The molecule has 0 saturated heterocycles. The molecule has 0 bridgehead atoms. The molecule has 3 N–H and O–H groups in total. The van der Waals surface area contributed by atoms with Gasteiger partial charge in [0, 0.05) is 0 Å². The molecule has 9 heavy (non-hydrogen) atoms. The molecule has 5 heteroatoms. The third kappa shape index (κ3) is 2.18. The van der Waals surface area contributed by atoms with Crippen molar-refractivity contribution in [3.8, 4) is 0 Å². The molecule has 0 amide bonds. The summed E-state index contributed by atoms with van der Waals surface area (Å²) in [6.07, 6.45) is 0. The molecule has 0 aromatic rings. The van der Waals surface area contributed by atoms with Crippen molar-refractivity contribution in [2.45, 2.75) is 16.6 Å². The zero-order chi connectivity index (χ0) is 7.65. The Balaban J connectivity index is 4.19. The average molecular weight is 213 g/mol. The monoisotopic (exact) mass is 214 g/mol. The van der Waals surface area contributed by atoms with E-state index in [1.54, 1.807) is 6.92 Å². The average Bonchev–Trinajstić information content (AvgIpc) is 1.65. The third-order valence-corrected chi connectivity index (χ3v) is 2.71. The molecule has 0 aliphatic heterocycles. The number of hydrogen-bond donors (Lipinski definition) is 3. The number of thiol groups is 1. The Bertz CT molecular complexity index is 126. The van der Waals surface area contributed by atoms with Crippen molar-refractivity contribution in [2.24, 2.45) is 5.73 Å². The zero-order valence-electron chi connectivity index (χ0n) is 4.87. The summed E-state index contributed by atoms with van der Waals surface area (Å²) in [5, 5.41) is 8.39. The molecule has 0 spiro atoms. The minimum atomic E-state index is -1.44. The van der Waals surface area contributed by atoms with Crippen molar-refractivity contribution in [2.75, 3.05) is 0 Å². The Morgan fingerprint density at radius 1 is 2.00 bits per heavy atom. The summed E-state index contributed by atoms with van der Waals surface area (Å²) in [6.45, 7) is 1.65. The Morgan fingerprint density at radius 2 is 2.33 bits per heavy atom. The van der Waals surface area contributed by atoms with Crippen LogP contribution in [0.2, 0.25) is 4.82 Å². The maximum absolute atomic E-state index is 10.2. The van der Waals surface area contributed by atoms with Crippen molar-refractivity contribution in [1.29, 1.82) is 0 Å². The number of carbonyl (C=O) groups is 1. The van der Waals surface area contributed by atoms with Crippen molar-refractivity contribution in [1.82, 2.24) is 0 Å². The molecule has 0 aromatic carbocycles. The minimum absolute atomic E-state index is 0.293. The summed E-state index contributed by atoms with van der Waals surface area (Å²) >= 11 is 6.30. The Hall–Kier alpha value is 0.299. The third-order valence-electron chi connectivity index (χ3n) is 0.962. The number of carboxylic acid groups (broad SMARTS) is 1. The van der Waals surface area contributed by atoms with E-state index in [0.29, 0.717) is 0 Å². The van der Waals surface area contributed by atoms with E-state index in [-0.39, 0.29) is 4.82 Å². The van der Waals surface area contributed by atoms with Crippen LogP contribution in [0.3, 0.4) is 0 Å². The second-order valence-corrected chi connectivity index (χ2v) is 4.00. The summed E-state index contributed by atoms with van der Waals surface area (Å²) in [5.41, 5.74) is 5.24. The van der Waals surface area contributed by atoms with Crippen LogP contribution in [0.4, 0.5) is 0 Å². The summed E-state index contributed by atoms with van der Waals surface area (Å²) in [4.78, 5) is 8.50. The van der Waals surface area contributed by atoms with E-state index in [1.807, 2.05) is 0 Å². The van der Waals surface area contributed by atoms with Gasteiger partial charge in [-0.25, -0.2) is 0 Å². The van der Waals surface area contributed by atoms with E-state index in [2.05, 4.69) is 28.6 Å². The number of aliphatic carboxylic acids is 1. The molecule has 53 valence electrons. The number of nitrogens with two attached hydrogens (primary N) is 1. The first-order valence-corrected chi connectivity index (χ1v) is 3.73. The van der Waals surface area contributed by atoms with Gasteiger partial charge >= 0.3 is 66.9 Å². The van der Waals surface area contributed by atoms with Crippen molar-refractivity contribution >= 4 is 34.6 Å². The van der Waals surface area contributed by atoms with Gasteiger partial charge in [0.15, 0.2) is 0 Å². The quantitative estimate of drug-likeness (QED) is 0.333. The van der Waals surface area contributed by atoms with Gasteiger partial charge in [-0.1, -0.05) is 0 Å². The Labute approximate surface area is 67.2 Å². The predicted octanol–water partition coefficient (Wildman–Crippen LogP) is -0.367. The maximum atomic E-state index is 10.2. The van der Waals surface area contributed by atoms with Gasteiger partial charge in [0.25, 0.3) is 0 Å². The van der Waals surface area contributed by atoms with Crippen LogP contribution >= 0.6 is 12.6 Å². The summed E-state index contributed by atoms with van der Waals surface area (Å²) in [5.74, 6) is -1.11. The van der Waals surface area contributed by atoms with Crippen LogP contribution < -0.4 is 5.73 Å². The first-order valence-electron chi connectivity index (χ1n) is 2.29. The van der Waals surface area contributed by atoms with Crippen molar-refractivity contribution < 1.29 is 9.90 Å². The predicted molar refractivity (Wildman–Crippen MR) is 38.7 cm³/mol. The first kappa shape index (κ1) is 9.30. The van der Waals surface area contributed by atoms with Crippen molar-refractivity contribution in [3.63, 3.8) is 0 Å². The molecule has 0 saturated carbocycles. The van der Waals surface area contributed by atoms with Crippen LogP contribution in [-0.4, -0.2) is 32.0 Å². The molecule has 0 heterocycles. The SMILES string of the molecule is CC([Se])C(N)(S)C(=O)O. The van der Waals surface area contributed by atoms with E-state index < -0.39 is 10.8 Å². The Morgan fingerprint density at radius 3 is 2.33 bits per heavy atom. The summed E-state index contributed by atoms with van der Waals surface area (Å²) in [6, 6.07) is 0. The van der Waals surface area contributed by atoms with Gasteiger partial charge in [0.2, 0.25) is 0 Å². The molecular formula is C4H8NO2SSe. The standard InChI is InChI=1S/C4H8NO2SSe/c1-2(9)4(5,8)3(6)7/h2,8H,5H2,1H3,(H,6,7). The van der Waals surface area contributed by atoms with Gasteiger partial charge in [0.1, 0.15) is 0 Å². The fourth-order valence-corrected chi connectivity index (χ4v) is 0.385. The van der Waals surface area contributed by atoms with E-state index in [1.165, 1.54) is 0 Å². The fraction of sp³-hybridized carbons (Fsp3) is 0.750. The summed E-state index contributed by atoms with van der Waals surface area (Å²) < 4.78 is 0. The van der Waals surface area contributed by atoms with Crippen LogP contribution in [0.5, 0.6) is 0 Å². The van der Waals surface area contributed by atoms with Crippen LogP contribution in [0, 0.1) is 0 Å². The van der Waals surface area contributed by atoms with Gasteiger partial charge in [-0.05, 0) is 0 Å². The fourth-order valence-electron chi connectivity index (χ4n) is 0.174. The Kier molecular flexibility index (Phi) is 3.02. The molecule has 1 radical (unpaired) electrons. The van der Waals surface area contributed by atoms with Crippen LogP contribution in [-0.2, 0) is 4.79 Å². The van der Waals surface area contributed by atoms with Crippen LogP contribution in [0.25, 0.3) is 0 Å². The van der Waals surface area contributed by atoms with E-state index in [0.717, 1.165) is 0 Å². The molecule has 0 aliphatic rings. The summed E-state index contributed by atoms with van der Waals surface area (Å²) in [7, 11) is 0. The second-order valence-electron chi connectivity index (χ2n) is 1.77.